The standard InChI is InChI=1S/C26H37N5O2S/c1-15(2)16-6-8-18-17(12-16)7-9-19-25(3,10-5-11-26(18,19)4)14-29-20(32)13-34-24-30-22(28)21(27)23(33)31-24/h6,8,12,15,19H,5,7,9-11,13-14,27H2,1-4H3,(H,29,32)(H3,28,30,31,33). The molecule has 3 atom stereocenters. The van der Waals surface area contributed by atoms with E-state index < -0.39 is 5.56 Å². The SMILES string of the molecule is CC(C)c1ccc2c(c1)CCC1C(C)(CNC(=O)CSc3nc(N)c(N)c(=O)[nH]3)CCCC21C. The van der Waals surface area contributed by atoms with Gasteiger partial charge in [0, 0.05) is 6.54 Å². The zero-order valence-electron chi connectivity index (χ0n) is 20.7. The predicted octanol–water partition coefficient (Wildman–Crippen LogP) is 3.98. The molecule has 0 aliphatic heterocycles. The van der Waals surface area contributed by atoms with Gasteiger partial charge >= 0.3 is 0 Å². The van der Waals surface area contributed by atoms with Crippen LogP contribution in [0.5, 0.6) is 0 Å². The number of nitrogens with zero attached hydrogens (tertiary/aromatic N) is 1. The number of carbonyl (C=O) groups excluding carboxylic acids is 1. The molecule has 1 fully saturated rings. The zero-order valence-corrected chi connectivity index (χ0v) is 21.5. The molecule has 1 aromatic carbocycles. The number of anilines is 2. The van der Waals surface area contributed by atoms with Crippen LogP contribution in [0.25, 0.3) is 0 Å². The summed E-state index contributed by atoms with van der Waals surface area (Å²) in [6, 6.07) is 7.11. The molecule has 184 valence electrons. The van der Waals surface area contributed by atoms with Crippen LogP contribution in [0.4, 0.5) is 11.5 Å². The van der Waals surface area contributed by atoms with Crippen LogP contribution in [0.1, 0.15) is 76.0 Å². The minimum absolute atomic E-state index is 0.0150. The number of hydrogen-bond acceptors (Lipinski definition) is 6. The number of fused-ring (bicyclic) bond motifs is 3. The van der Waals surface area contributed by atoms with Crippen LogP contribution in [0, 0.1) is 11.3 Å². The molecule has 3 unspecified atom stereocenters. The molecule has 2 aliphatic rings. The first-order valence-corrected chi connectivity index (χ1v) is 13.2. The Morgan fingerprint density at radius 1 is 1.29 bits per heavy atom. The number of thioether (sulfide) groups is 1. The van der Waals surface area contributed by atoms with Crippen LogP contribution in [0.15, 0.2) is 28.2 Å². The Hall–Kier alpha value is -2.48. The molecule has 2 aliphatic carbocycles. The number of carbonyl (C=O) groups is 1. The van der Waals surface area contributed by atoms with E-state index in [1.165, 1.54) is 23.1 Å². The van der Waals surface area contributed by atoms with Gasteiger partial charge in [-0.05, 0) is 65.0 Å². The summed E-state index contributed by atoms with van der Waals surface area (Å²) in [7, 11) is 0. The van der Waals surface area contributed by atoms with Crippen LogP contribution >= 0.6 is 11.8 Å². The number of aryl methyl sites for hydroxylation is 1. The number of nitrogens with one attached hydrogen (secondary N) is 2. The number of hydrogen-bond donors (Lipinski definition) is 4. The number of aromatic nitrogens is 2. The van der Waals surface area contributed by atoms with E-state index >= 15 is 0 Å². The van der Waals surface area contributed by atoms with Gasteiger partial charge in [-0.3, -0.25) is 14.6 Å². The molecule has 0 spiro atoms. The third-order valence-electron chi connectivity index (χ3n) is 8.16. The van der Waals surface area contributed by atoms with Gasteiger partial charge in [-0.15, -0.1) is 0 Å². The van der Waals surface area contributed by atoms with E-state index in [0.717, 1.165) is 37.4 Å². The molecule has 1 saturated carbocycles. The van der Waals surface area contributed by atoms with E-state index in [-0.39, 0.29) is 34.0 Å². The fourth-order valence-corrected chi connectivity index (χ4v) is 6.94. The van der Waals surface area contributed by atoms with Gasteiger partial charge in [0.1, 0.15) is 5.69 Å². The molecule has 0 radical (unpaired) electrons. The van der Waals surface area contributed by atoms with Gasteiger partial charge < -0.3 is 16.8 Å². The first-order chi connectivity index (χ1) is 16.0. The molecule has 2 aromatic rings. The van der Waals surface area contributed by atoms with Crippen molar-refractivity contribution in [3.63, 3.8) is 0 Å². The second kappa shape index (κ2) is 9.29. The second-order valence-corrected chi connectivity index (χ2v) is 11.8. The van der Waals surface area contributed by atoms with Crippen LogP contribution < -0.4 is 22.3 Å². The average Bonchev–Trinajstić information content (AvgIpc) is 2.79. The van der Waals surface area contributed by atoms with Crippen LogP contribution in [-0.2, 0) is 16.6 Å². The zero-order chi connectivity index (χ0) is 24.7. The second-order valence-electron chi connectivity index (χ2n) is 10.8. The molecular weight excluding hydrogens is 446 g/mol. The first-order valence-electron chi connectivity index (χ1n) is 12.2. The van der Waals surface area contributed by atoms with Gasteiger partial charge in [0.2, 0.25) is 5.91 Å². The number of nitrogen functional groups attached to an aromatic ring is 2. The quantitative estimate of drug-likeness (QED) is 0.364. The molecule has 0 saturated heterocycles. The summed E-state index contributed by atoms with van der Waals surface area (Å²) in [6.45, 7) is 9.94. The van der Waals surface area contributed by atoms with Crippen molar-refractivity contribution < 1.29 is 4.79 Å². The van der Waals surface area contributed by atoms with E-state index in [1.807, 2.05) is 0 Å². The maximum atomic E-state index is 12.7. The monoisotopic (exact) mass is 483 g/mol. The minimum atomic E-state index is -0.484. The highest BCUT2D eigenvalue weighted by Crippen LogP contribution is 2.57. The number of aromatic amines is 1. The number of rotatable bonds is 6. The summed E-state index contributed by atoms with van der Waals surface area (Å²) < 4.78 is 0. The average molecular weight is 484 g/mol. The highest BCUT2D eigenvalue weighted by Gasteiger charge is 2.51. The number of amides is 1. The maximum absolute atomic E-state index is 12.7. The predicted molar refractivity (Wildman–Crippen MR) is 139 cm³/mol. The molecule has 8 heteroatoms. The third kappa shape index (κ3) is 4.57. The van der Waals surface area contributed by atoms with E-state index in [0.29, 0.717) is 23.5 Å². The van der Waals surface area contributed by atoms with Crippen molar-refractivity contribution in [2.75, 3.05) is 23.8 Å². The van der Waals surface area contributed by atoms with Crippen molar-refractivity contribution in [1.82, 2.24) is 15.3 Å². The molecule has 1 heterocycles. The lowest BCUT2D eigenvalue weighted by molar-refractivity contribution is -0.119. The smallest absolute Gasteiger partial charge is 0.276 e. The summed E-state index contributed by atoms with van der Waals surface area (Å²) in [5.74, 6) is 1.13. The Labute approximate surface area is 205 Å². The Balaban J connectivity index is 1.43. The van der Waals surface area contributed by atoms with Crippen LogP contribution in [0.2, 0.25) is 0 Å². The van der Waals surface area contributed by atoms with Crippen molar-refractivity contribution in [3.05, 3.63) is 45.2 Å². The fourth-order valence-electron chi connectivity index (χ4n) is 6.25. The molecule has 1 amide bonds. The largest absolute Gasteiger partial charge is 0.391 e. The van der Waals surface area contributed by atoms with E-state index in [1.54, 1.807) is 0 Å². The summed E-state index contributed by atoms with van der Waals surface area (Å²) in [4.78, 5) is 31.0. The van der Waals surface area contributed by atoms with Gasteiger partial charge in [0.25, 0.3) is 5.56 Å². The van der Waals surface area contributed by atoms with Crippen molar-refractivity contribution in [1.29, 1.82) is 0 Å². The Kier molecular flexibility index (Phi) is 6.73. The Morgan fingerprint density at radius 3 is 2.76 bits per heavy atom. The Bertz CT molecular complexity index is 1150. The minimum Gasteiger partial charge on any atom is -0.391 e. The van der Waals surface area contributed by atoms with Crippen LogP contribution in [-0.4, -0.2) is 28.2 Å². The van der Waals surface area contributed by atoms with E-state index in [2.05, 4.69) is 61.2 Å². The summed E-state index contributed by atoms with van der Waals surface area (Å²) in [5, 5.41) is 3.47. The Morgan fingerprint density at radius 2 is 2.06 bits per heavy atom. The van der Waals surface area contributed by atoms with E-state index in [4.69, 9.17) is 11.5 Å². The topological polar surface area (TPSA) is 127 Å². The molecule has 6 N–H and O–H groups in total. The van der Waals surface area contributed by atoms with E-state index in [9.17, 15) is 9.59 Å². The molecule has 0 bridgehead atoms. The van der Waals surface area contributed by atoms with Crippen molar-refractivity contribution >= 4 is 29.2 Å². The molecule has 4 rings (SSSR count). The fraction of sp³-hybridized carbons (Fsp3) is 0.577. The van der Waals surface area contributed by atoms with Gasteiger partial charge in [0.05, 0.1) is 5.75 Å². The lowest BCUT2D eigenvalue weighted by atomic mass is 9.49. The third-order valence-corrected chi connectivity index (χ3v) is 9.03. The highest BCUT2D eigenvalue weighted by molar-refractivity contribution is 7.99. The van der Waals surface area contributed by atoms with Crippen molar-refractivity contribution in [2.24, 2.45) is 11.3 Å². The lowest BCUT2D eigenvalue weighted by Crippen LogP contribution is -2.53. The first kappa shape index (κ1) is 24.6. The molecule has 34 heavy (non-hydrogen) atoms. The van der Waals surface area contributed by atoms with Gasteiger partial charge in [0.15, 0.2) is 11.0 Å². The van der Waals surface area contributed by atoms with Crippen molar-refractivity contribution in [2.45, 2.75) is 76.3 Å². The normalized spacial score (nSPS) is 26.1. The summed E-state index contributed by atoms with van der Waals surface area (Å²) in [6.07, 6.45) is 5.73. The number of H-pyrrole nitrogens is 1. The van der Waals surface area contributed by atoms with Gasteiger partial charge in [-0.25, -0.2) is 4.98 Å². The highest BCUT2D eigenvalue weighted by atomic mass is 32.2. The molecule has 1 aromatic heterocycles. The number of benzene rings is 1. The number of nitrogens with two attached hydrogens (primary N) is 2. The van der Waals surface area contributed by atoms with Gasteiger partial charge in [-0.1, -0.05) is 64.1 Å². The van der Waals surface area contributed by atoms with Crippen LogP contribution in [0.3, 0.4) is 0 Å². The van der Waals surface area contributed by atoms with Gasteiger partial charge in [-0.2, -0.15) is 0 Å². The summed E-state index contributed by atoms with van der Waals surface area (Å²) in [5.41, 5.74) is 15.2. The van der Waals surface area contributed by atoms with Crippen molar-refractivity contribution in [3.8, 4) is 0 Å². The maximum Gasteiger partial charge on any atom is 0.276 e. The molecular formula is C26H37N5O2S. The molecule has 7 nitrogen and oxygen atoms in total. The summed E-state index contributed by atoms with van der Waals surface area (Å²) >= 11 is 1.15. The lowest BCUT2D eigenvalue weighted by Gasteiger charge is -2.55.